The van der Waals surface area contributed by atoms with Crippen molar-refractivity contribution in [2.24, 2.45) is 0 Å². The number of rotatable bonds is 3. The van der Waals surface area contributed by atoms with E-state index >= 15 is 0 Å². The van der Waals surface area contributed by atoms with Crippen LogP contribution in [0.25, 0.3) is 5.69 Å². The summed E-state index contributed by atoms with van der Waals surface area (Å²) < 4.78 is 27.3. The number of hydrogen-bond acceptors (Lipinski definition) is 2. The van der Waals surface area contributed by atoms with Crippen LogP contribution in [0.5, 0.6) is 0 Å². The van der Waals surface area contributed by atoms with Crippen molar-refractivity contribution in [1.29, 1.82) is 0 Å². The highest BCUT2D eigenvalue weighted by Gasteiger charge is 2.08. The minimum atomic E-state index is -0.903. The Labute approximate surface area is 97.3 Å². The Balaban J connectivity index is 2.39. The van der Waals surface area contributed by atoms with Crippen LogP contribution in [-0.4, -0.2) is 21.5 Å². The van der Waals surface area contributed by atoms with E-state index in [-0.39, 0.29) is 6.61 Å². The number of aryl methyl sites for hydroxylation is 1. The van der Waals surface area contributed by atoms with E-state index in [1.807, 2.05) is 0 Å². The Morgan fingerprint density at radius 1 is 1.29 bits per heavy atom. The first-order valence-corrected chi connectivity index (χ1v) is 5.23. The van der Waals surface area contributed by atoms with Crippen molar-refractivity contribution in [3.63, 3.8) is 0 Å². The van der Waals surface area contributed by atoms with E-state index in [2.05, 4.69) is 5.10 Å². The van der Waals surface area contributed by atoms with E-state index < -0.39 is 11.6 Å². The predicted molar refractivity (Wildman–Crippen MR) is 59.0 cm³/mol. The highest BCUT2D eigenvalue weighted by molar-refractivity contribution is 5.33. The van der Waals surface area contributed by atoms with Crippen LogP contribution < -0.4 is 0 Å². The topological polar surface area (TPSA) is 38.0 Å². The summed E-state index contributed by atoms with van der Waals surface area (Å²) in [5, 5.41) is 13.0. The SMILES string of the molecule is Cc1nn(-c2ccc(F)c(F)c2)cc1CCO. The third kappa shape index (κ3) is 2.34. The maximum absolute atomic E-state index is 13.1. The third-order valence-electron chi connectivity index (χ3n) is 2.55. The molecule has 0 aliphatic carbocycles. The Kier molecular flexibility index (Phi) is 3.19. The summed E-state index contributed by atoms with van der Waals surface area (Å²) in [5.74, 6) is -1.78. The number of hydrogen-bond donors (Lipinski definition) is 1. The van der Waals surface area contributed by atoms with Gasteiger partial charge in [0.1, 0.15) is 0 Å². The fourth-order valence-electron chi connectivity index (χ4n) is 1.62. The normalized spacial score (nSPS) is 10.8. The third-order valence-corrected chi connectivity index (χ3v) is 2.55. The molecule has 90 valence electrons. The average molecular weight is 238 g/mol. The number of aromatic nitrogens is 2. The highest BCUT2D eigenvalue weighted by atomic mass is 19.2. The predicted octanol–water partition coefficient (Wildman–Crippen LogP) is 1.99. The fraction of sp³-hybridized carbons (Fsp3) is 0.250. The second-order valence-corrected chi connectivity index (χ2v) is 3.76. The highest BCUT2D eigenvalue weighted by Crippen LogP contribution is 2.15. The first-order valence-electron chi connectivity index (χ1n) is 5.23. The Morgan fingerprint density at radius 3 is 2.71 bits per heavy atom. The largest absolute Gasteiger partial charge is 0.396 e. The lowest BCUT2D eigenvalue weighted by atomic mass is 10.2. The van der Waals surface area contributed by atoms with Gasteiger partial charge in [0.25, 0.3) is 0 Å². The number of halogens is 2. The van der Waals surface area contributed by atoms with Crippen LogP contribution in [0.3, 0.4) is 0 Å². The zero-order chi connectivity index (χ0) is 12.4. The monoisotopic (exact) mass is 238 g/mol. The molecule has 17 heavy (non-hydrogen) atoms. The van der Waals surface area contributed by atoms with E-state index in [9.17, 15) is 8.78 Å². The van der Waals surface area contributed by atoms with Gasteiger partial charge in [-0.25, -0.2) is 13.5 Å². The molecule has 3 nitrogen and oxygen atoms in total. The molecule has 2 aromatic rings. The minimum Gasteiger partial charge on any atom is -0.396 e. The zero-order valence-electron chi connectivity index (χ0n) is 9.32. The molecular weight excluding hydrogens is 226 g/mol. The van der Waals surface area contributed by atoms with E-state index in [1.165, 1.54) is 10.7 Å². The lowest BCUT2D eigenvalue weighted by molar-refractivity contribution is 0.299. The van der Waals surface area contributed by atoms with Crippen molar-refractivity contribution in [3.05, 3.63) is 47.3 Å². The van der Waals surface area contributed by atoms with Gasteiger partial charge in [0.15, 0.2) is 11.6 Å². The van der Waals surface area contributed by atoms with Gasteiger partial charge < -0.3 is 5.11 Å². The molecular formula is C12H12F2N2O. The van der Waals surface area contributed by atoms with E-state index in [4.69, 9.17) is 5.11 Å². The molecule has 0 saturated heterocycles. The second-order valence-electron chi connectivity index (χ2n) is 3.76. The molecule has 0 spiro atoms. The molecule has 0 saturated carbocycles. The average Bonchev–Trinajstić information content (AvgIpc) is 2.65. The number of nitrogens with zero attached hydrogens (tertiary/aromatic N) is 2. The molecule has 0 aliphatic rings. The molecule has 0 unspecified atom stereocenters. The van der Waals surface area contributed by atoms with Gasteiger partial charge in [0.2, 0.25) is 0 Å². The number of aliphatic hydroxyl groups excluding tert-OH is 1. The molecule has 0 aliphatic heterocycles. The smallest absolute Gasteiger partial charge is 0.160 e. The van der Waals surface area contributed by atoms with E-state index in [0.29, 0.717) is 12.1 Å². The molecule has 0 atom stereocenters. The molecule has 0 amide bonds. The maximum Gasteiger partial charge on any atom is 0.160 e. The standard InChI is InChI=1S/C12H12F2N2O/c1-8-9(4-5-17)7-16(15-8)10-2-3-11(13)12(14)6-10/h2-3,6-7,17H,4-5H2,1H3. The Morgan fingerprint density at radius 2 is 2.06 bits per heavy atom. The van der Waals surface area contributed by atoms with Crippen molar-refractivity contribution >= 4 is 0 Å². The Bertz CT molecular complexity index is 537. The molecule has 1 heterocycles. The fourth-order valence-corrected chi connectivity index (χ4v) is 1.62. The van der Waals surface area contributed by atoms with Gasteiger partial charge in [-0.1, -0.05) is 0 Å². The summed E-state index contributed by atoms with van der Waals surface area (Å²) >= 11 is 0. The van der Waals surface area contributed by atoms with Gasteiger partial charge in [-0.3, -0.25) is 0 Å². The van der Waals surface area contributed by atoms with Crippen LogP contribution in [0.1, 0.15) is 11.3 Å². The molecule has 0 fully saturated rings. The summed E-state index contributed by atoms with van der Waals surface area (Å²) in [6.07, 6.45) is 2.20. The molecule has 2 rings (SSSR count). The molecule has 1 aromatic heterocycles. The van der Waals surface area contributed by atoms with Crippen molar-refractivity contribution in [1.82, 2.24) is 9.78 Å². The second kappa shape index (κ2) is 4.63. The zero-order valence-corrected chi connectivity index (χ0v) is 9.32. The Hall–Kier alpha value is -1.75. The molecule has 1 aromatic carbocycles. The summed E-state index contributed by atoms with van der Waals surface area (Å²) in [4.78, 5) is 0. The summed E-state index contributed by atoms with van der Waals surface area (Å²) in [5.41, 5.74) is 2.11. The summed E-state index contributed by atoms with van der Waals surface area (Å²) in [6, 6.07) is 3.60. The molecule has 0 radical (unpaired) electrons. The van der Waals surface area contributed by atoms with Crippen molar-refractivity contribution in [2.45, 2.75) is 13.3 Å². The summed E-state index contributed by atoms with van der Waals surface area (Å²) in [6.45, 7) is 1.84. The summed E-state index contributed by atoms with van der Waals surface area (Å²) in [7, 11) is 0. The maximum atomic E-state index is 13.1. The van der Waals surface area contributed by atoms with E-state index in [1.54, 1.807) is 13.1 Å². The van der Waals surface area contributed by atoms with Crippen LogP contribution in [0.15, 0.2) is 24.4 Å². The first-order chi connectivity index (χ1) is 8.11. The number of aliphatic hydroxyl groups is 1. The van der Waals surface area contributed by atoms with Gasteiger partial charge in [-0.05, 0) is 31.0 Å². The number of benzene rings is 1. The van der Waals surface area contributed by atoms with Crippen LogP contribution >= 0.6 is 0 Å². The van der Waals surface area contributed by atoms with Crippen LogP contribution in [0.4, 0.5) is 8.78 Å². The first kappa shape index (κ1) is 11.7. The van der Waals surface area contributed by atoms with Gasteiger partial charge in [-0.2, -0.15) is 5.10 Å². The lowest BCUT2D eigenvalue weighted by Gasteiger charge is -2.01. The van der Waals surface area contributed by atoms with Crippen LogP contribution in [0.2, 0.25) is 0 Å². The van der Waals surface area contributed by atoms with Crippen molar-refractivity contribution in [3.8, 4) is 5.69 Å². The molecule has 5 heteroatoms. The van der Waals surface area contributed by atoms with Gasteiger partial charge in [-0.15, -0.1) is 0 Å². The van der Waals surface area contributed by atoms with Crippen LogP contribution in [0, 0.1) is 18.6 Å². The van der Waals surface area contributed by atoms with Gasteiger partial charge in [0.05, 0.1) is 11.4 Å². The quantitative estimate of drug-likeness (QED) is 0.888. The van der Waals surface area contributed by atoms with Crippen molar-refractivity contribution < 1.29 is 13.9 Å². The van der Waals surface area contributed by atoms with E-state index in [0.717, 1.165) is 23.4 Å². The minimum absolute atomic E-state index is 0.0321. The van der Waals surface area contributed by atoms with Crippen LogP contribution in [-0.2, 0) is 6.42 Å². The lowest BCUT2D eigenvalue weighted by Crippen LogP contribution is -1.96. The van der Waals surface area contributed by atoms with Gasteiger partial charge in [0, 0.05) is 18.9 Å². The molecule has 0 bridgehead atoms. The van der Waals surface area contributed by atoms with Gasteiger partial charge >= 0.3 is 0 Å². The van der Waals surface area contributed by atoms with Crippen molar-refractivity contribution in [2.75, 3.05) is 6.61 Å². The molecule has 1 N–H and O–H groups in total.